The van der Waals surface area contributed by atoms with Crippen LogP contribution in [0.25, 0.3) is 5.65 Å². The number of hydrogen-bond donors (Lipinski definition) is 0. The lowest BCUT2D eigenvalue weighted by Gasteiger charge is -2.30. The number of carbonyl (C=O) groups excluding carboxylic acids is 1. The summed E-state index contributed by atoms with van der Waals surface area (Å²) in [5.41, 5.74) is 3.28. The Kier molecular flexibility index (Phi) is 8.07. The number of pyridine rings is 1. The smallest absolute Gasteiger partial charge is 0.182 e. The Morgan fingerprint density at radius 1 is 1.16 bits per heavy atom. The molecule has 7 heteroatoms. The molecule has 6 nitrogen and oxygen atoms in total. The number of morpholine rings is 1. The van der Waals surface area contributed by atoms with Gasteiger partial charge in [0.2, 0.25) is 0 Å². The van der Waals surface area contributed by atoms with Crippen LogP contribution in [0.2, 0.25) is 0 Å². The largest absolute Gasteiger partial charge is 0.490 e. The van der Waals surface area contributed by atoms with Crippen LogP contribution in [-0.2, 0) is 4.74 Å². The molecule has 3 heterocycles. The van der Waals surface area contributed by atoms with E-state index in [9.17, 15) is 4.79 Å². The molecule has 0 aliphatic carbocycles. The molecule has 0 spiro atoms. The summed E-state index contributed by atoms with van der Waals surface area (Å²) < 4.78 is 13.1. The number of aromatic nitrogens is 2. The van der Waals surface area contributed by atoms with Crippen LogP contribution in [0.1, 0.15) is 41.0 Å². The standard InChI is InChI=1S/C24H29N3O3.ClH/c1-3-30-22-10-7-11-27-23(18(2)25-24(22)27)21(28)16-20(19-8-5-4-6-9-19)17-26-12-14-29-15-13-26;/h4-11,20H,3,12-17H2,1-2H3;1H/t20-;/m0./s1. The Morgan fingerprint density at radius 3 is 2.61 bits per heavy atom. The van der Waals surface area contributed by atoms with Crippen LogP contribution in [0.3, 0.4) is 0 Å². The van der Waals surface area contributed by atoms with Gasteiger partial charge in [0.1, 0.15) is 5.69 Å². The van der Waals surface area contributed by atoms with E-state index in [0.717, 1.165) is 38.5 Å². The number of aryl methyl sites for hydroxylation is 1. The maximum atomic E-state index is 13.5. The van der Waals surface area contributed by atoms with Crippen LogP contribution in [0, 0.1) is 6.92 Å². The van der Waals surface area contributed by atoms with Crippen LogP contribution in [0.15, 0.2) is 48.7 Å². The van der Waals surface area contributed by atoms with E-state index in [-0.39, 0.29) is 24.1 Å². The van der Waals surface area contributed by atoms with Gasteiger partial charge in [0.05, 0.1) is 25.5 Å². The first kappa shape index (κ1) is 23.3. The molecule has 0 saturated carbocycles. The second-order valence-electron chi connectivity index (χ2n) is 7.69. The molecule has 0 bridgehead atoms. The fraction of sp³-hybridized carbons (Fsp3) is 0.417. The van der Waals surface area contributed by atoms with E-state index in [1.165, 1.54) is 5.56 Å². The SMILES string of the molecule is CCOc1cccn2c(C(=O)C[C@@H](CN3CCOCC3)c3ccccc3)c(C)nc12.Cl. The average molecular weight is 444 g/mol. The fourth-order valence-corrected chi connectivity index (χ4v) is 4.19. The van der Waals surface area contributed by atoms with Crippen LogP contribution in [0.5, 0.6) is 5.75 Å². The summed E-state index contributed by atoms with van der Waals surface area (Å²) >= 11 is 0. The molecular weight excluding hydrogens is 414 g/mol. The number of hydrogen-bond acceptors (Lipinski definition) is 5. The summed E-state index contributed by atoms with van der Waals surface area (Å²) in [6, 6.07) is 14.1. The molecule has 2 aromatic heterocycles. The number of benzene rings is 1. The van der Waals surface area contributed by atoms with Crippen molar-refractivity contribution >= 4 is 23.8 Å². The van der Waals surface area contributed by atoms with E-state index < -0.39 is 0 Å². The number of ketones is 1. The summed E-state index contributed by atoms with van der Waals surface area (Å²) in [5.74, 6) is 0.933. The summed E-state index contributed by atoms with van der Waals surface area (Å²) in [7, 11) is 0. The first-order valence-electron chi connectivity index (χ1n) is 10.7. The highest BCUT2D eigenvalue weighted by molar-refractivity contribution is 5.97. The zero-order valence-corrected chi connectivity index (χ0v) is 18.9. The summed E-state index contributed by atoms with van der Waals surface area (Å²) in [5, 5.41) is 0. The number of rotatable bonds is 8. The van der Waals surface area contributed by atoms with Gasteiger partial charge < -0.3 is 9.47 Å². The lowest BCUT2D eigenvalue weighted by Crippen LogP contribution is -2.39. The van der Waals surface area contributed by atoms with E-state index in [4.69, 9.17) is 9.47 Å². The minimum atomic E-state index is 0. The van der Waals surface area contributed by atoms with Gasteiger partial charge in [-0.05, 0) is 31.5 Å². The van der Waals surface area contributed by atoms with Crippen molar-refractivity contribution in [3.63, 3.8) is 0 Å². The molecule has 1 aromatic carbocycles. The Balaban J connectivity index is 0.00000272. The zero-order valence-electron chi connectivity index (χ0n) is 18.1. The van der Waals surface area contributed by atoms with Gasteiger partial charge in [-0.2, -0.15) is 0 Å². The van der Waals surface area contributed by atoms with Crippen molar-refractivity contribution in [3.05, 3.63) is 65.6 Å². The van der Waals surface area contributed by atoms with E-state index in [1.807, 2.05) is 54.8 Å². The van der Waals surface area contributed by atoms with E-state index in [2.05, 4.69) is 22.0 Å². The molecule has 1 aliphatic rings. The van der Waals surface area contributed by atoms with E-state index >= 15 is 0 Å². The molecule has 1 saturated heterocycles. The predicted octanol–water partition coefficient (Wildman–Crippen LogP) is 4.15. The highest BCUT2D eigenvalue weighted by atomic mass is 35.5. The molecule has 166 valence electrons. The van der Waals surface area contributed by atoms with Crippen molar-refractivity contribution in [1.82, 2.24) is 14.3 Å². The molecule has 0 radical (unpaired) electrons. The maximum absolute atomic E-state index is 13.5. The van der Waals surface area contributed by atoms with Crippen LogP contribution < -0.4 is 4.74 Å². The fourth-order valence-electron chi connectivity index (χ4n) is 4.19. The number of imidazole rings is 1. The third kappa shape index (κ3) is 5.26. The third-order valence-corrected chi connectivity index (χ3v) is 5.64. The van der Waals surface area contributed by atoms with Gasteiger partial charge in [-0.15, -0.1) is 12.4 Å². The molecule has 0 amide bonds. The van der Waals surface area contributed by atoms with Gasteiger partial charge in [-0.1, -0.05) is 30.3 Å². The van der Waals surface area contributed by atoms with Crippen molar-refractivity contribution in [2.75, 3.05) is 39.5 Å². The zero-order chi connectivity index (χ0) is 20.9. The van der Waals surface area contributed by atoms with E-state index in [1.54, 1.807) is 0 Å². The number of Topliss-reactive ketones (excluding diaryl/α,β-unsaturated/α-hetero) is 1. The number of fused-ring (bicyclic) bond motifs is 1. The summed E-state index contributed by atoms with van der Waals surface area (Å²) in [6.45, 7) is 8.57. The van der Waals surface area contributed by atoms with Crippen molar-refractivity contribution in [2.45, 2.75) is 26.2 Å². The molecule has 31 heavy (non-hydrogen) atoms. The topological polar surface area (TPSA) is 56.1 Å². The first-order valence-corrected chi connectivity index (χ1v) is 10.7. The Hall–Kier alpha value is -2.41. The second-order valence-corrected chi connectivity index (χ2v) is 7.69. The minimum absolute atomic E-state index is 0. The highest BCUT2D eigenvalue weighted by Crippen LogP contribution is 2.27. The van der Waals surface area contributed by atoms with Gasteiger partial charge in [-0.25, -0.2) is 4.98 Å². The van der Waals surface area contributed by atoms with Crippen molar-refractivity contribution in [3.8, 4) is 5.75 Å². The molecular formula is C24H30ClN3O3. The molecule has 1 aliphatic heterocycles. The number of ether oxygens (including phenoxy) is 2. The highest BCUT2D eigenvalue weighted by Gasteiger charge is 2.25. The monoisotopic (exact) mass is 443 g/mol. The number of carbonyl (C=O) groups is 1. The van der Waals surface area contributed by atoms with Gasteiger partial charge in [0.15, 0.2) is 17.2 Å². The Labute approximate surface area is 189 Å². The molecule has 1 atom stereocenters. The quantitative estimate of drug-likeness (QED) is 0.489. The Morgan fingerprint density at radius 2 is 1.90 bits per heavy atom. The van der Waals surface area contributed by atoms with Crippen LogP contribution in [0.4, 0.5) is 0 Å². The van der Waals surface area contributed by atoms with Gasteiger partial charge in [0.25, 0.3) is 0 Å². The second kappa shape index (κ2) is 10.8. The third-order valence-electron chi connectivity index (χ3n) is 5.64. The van der Waals surface area contributed by atoms with Crippen molar-refractivity contribution in [1.29, 1.82) is 0 Å². The number of nitrogens with zero attached hydrogens (tertiary/aromatic N) is 3. The van der Waals surface area contributed by atoms with Crippen LogP contribution >= 0.6 is 12.4 Å². The molecule has 3 aromatic rings. The molecule has 1 fully saturated rings. The van der Waals surface area contributed by atoms with Gasteiger partial charge in [0, 0.05) is 38.2 Å². The normalized spacial score (nSPS) is 15.4. The first-order chi connectivity index (χ1) is 14.7. The van der Waals surface area contributed by atoms with E-state index in [0.29, 0.717) is 30.1 Å². The molecule has 4 rings (SSSR count). The van der Waals surface area contributed by atoms with Crippen molar-refractivity contribution < 1.29 is 14.3 Å². The molecule has 0 unspecified atom stereocenters. The summed E-state index contributed by atoms with van der Waals surface area (Å²) in [4.78, 5) is 20.5. The summed E-state index contributed by atoms with van der Waals surface area (Å²) in [6.07, 6.45) is 2.33. The minimum Gasteiger partial charge on any atom is -0.490 e. The van der Waals surface area contributed by atoms with Crippen molar-refractivity contribution in [2.24, 2.45) is 0 Å². The Bertz CT molecular complexity index is 1000. The predicted molar refractivity (Wildman–Crippen MR) is 124 cm³/mol. The van der Waals surface area contributed by atoms with Gasteiger partial charge in [-0.3, -0.25) is 14.1 Å². The average Bonchev–Trinajstić information content (AvgIpc) is 3.12. The lowest BCUT2D eigenvalue weighted by molar-refractivity contribution is 0.0345. The lowest BCUT2D eigenvalue weighted by atomic mass is 9.91. The van der Waals surface area contributed by atoms with Crippen LogP contribution in [-0.4, -0.2) is 59.5 Å². The number of halogens is 1. The van der Waals surface area contributed by atoms with Gasteiger partial charge >= 0.3 is 0 Å². The maximum Gasteiger partial charge on any atom is 0.182 e. The molecule has 0 N–H and O–H groups in total.